The molecular formula is C11H26N4. The molecule has 1 fully saturated rings. The molecule has 1 saturated heterocycles. The summed E-state index contributed by atoms with van der Waals surface area (Å²) in [6, 6.07) is 0.536. The van der Waals surface area contributed by atoms with Gasteiger partial charge in [-0.05, 0) is 13.1 Å². The maximum Gasteiger partial charge on any atom is 0.0344 e. The van der Waals surface area contributed by atoms with Crippen molar-refractivity contribution in [3.63, 3.8) is 0 Å². The second-order valence-electron chi connectivity index (χ2n) is 4.16. The highest BCUT2D eigenvalue weighted by atomic mass is 15.2. The van der Waals surface area contributed by atoms with Crippen LogP contribution in [0.15, 0.2) is 0 Å². The molecule has 0 aromatic heterocycles. The van der Waals surface area contributed by atoms with E-state index in [1.54, 1.807) is 0 Å². The molecule has 1 atom stereocenters. The van der Waals surface area contributed by atoms with E-state index >= 15 is 0 Å². The molecule has 0 aromatic rings. The van der Waals surface area contributed by atoms with Crippen molar-refractivity contribution in [3.05, 3.63) is 0 Å². The Hall–Kier alpha value is -0.160. The van der Waals surface area contributed by atoms with Crippen molar-refractivity contribution in [1.82, 2.24) is 15.1 Å². The van der Waals surface area contributed by atoms with E-state index in [-0.39, 0.29) is 0 Å². The molecule has 1 heterocycles. The third-order valence-electron chi connectivity index (χ3n) is 3.34. The summed E-state index contributed by atoms with van der Waals surface area (Å²) in [5.74, 6) is 0. The van der Waals surface area contributed by atoms with E-state index < -0.39 is 0 Å². The van der Waals surface area contributed by atoms with Crippen molar-refractivity contribution in [2.45, 2.75) is 19.9 Å². The summed E-state index contributed by atoms with van der Waals surface area (Å²) in [4.78, 5) is 4.99. The van der Waals surface area contributed by atoms with Gasteiger partial charge in [0.25, 0.3) is 0 Å². The van der Waals surface area contributed by atoms with Crippen molar-refractivity contribution < 1.29 is 0 Å². The summed E-state index contributed by atoms with van der Waals surface area (Å²) in [6.07, 6.45) is 0. The van der Waals surface area contributed by atoms with Crippen LogP contribution in [0.4, 0.5) is 0 Å². The first kappa shape index (κ1) is 12.9. The first-order valence-corrected chi connectivity index (χ1v) is 6.19. The number of nitrogens with one attached hydrogen (secondary N) is 1. The minimum atomic E-state index is 0.536. The zero-order chi connectivity index (χ0) is 11.1. The predicted octanol–water partition coefficient (Wildman–Crippen LogP) is -0.439. The van der Waals surface area contributed by atoms with Gasteiger partial charge in [-0.2, -0.15) is 0 Å². The van der Waals surface area contributed by atoms with Crippen molar-refractivity contribution in [2.24, 2.45) is 5.73 Å². The van der Waals surface area contributed by atoms with E-state index in [0.717, 1.165) is 45.8 Å². The summed E-state index contributed by atoms with van der Waals surface area (Å²) < 4.78 is 0. The van der Waals surface area contributed by atoms with Gasteiger partial charge >= 0.3 is 0 Å². The van der Waals surface area contributed by atoms with E-state index in [9.17, 15) is 0 Å². The Morgan fingerprint density at radius 2 is 2.13 bits per heavy atom. The monoisotopic (exact) mass is 214 g/mol. The van der Waals surface area contributed by atoms with E-state index in [0.29, 0.717) is 6.04 Å². The van der Waals surface area contributed by atoms with Crippen LogP contribution in [0.25, 0.3) is 0 Å². The molecule has 1 unspecified atom stereocenters. The molecule has 0 spiro atoms. The summed E-state index contributed by atoms with van der Waals surface area (Å²) >= 11 is 0. The number of nitrogens with two attached hydrogens (primary N) is 1. The van der Waals surface area contributed by atoms with E-state index in [2.05, 4.69) is 29.0 Å². The molecule has 0 aliphatic carbocycles. The lowest BCUT2D eigenvalue weighted by Gasteiger charge is -2.36. The molecule has 1 aliphatic rings. The van der Waals surface area contributed by atoms with Crippen LogP contribution in [0.2, 0.25) is 0 Å². The Balaban J connectivity index is 2.28. The molecule has 0 aromatic carbocycles. The van der Waals surface area contributed by atoms with Crippen LogP contribution < -0.4 is 11.1 Å². The SMILES string of the molecule is CCN(CC)CCN1CCNCC1CN. The second kappa shape index (κ2) is 7.17. The van der Waals surface area contributed by atoms with E-state index in [4.69, 9.17) is 5.73 Å². The Bertz CT molecular complexity index is 159. The molecule has 4 nitrogen and oxygen atoms in total. The molecule has 1 aliphatic heterocycles. The number of likely N-dealkylation sites (N-methyl/N-ethyl adjacent to an activating group) is 1. The smallest absolute Gasteiger partial charge is 0.0344 e. The summed E-state index contributed by atoms with van der Waals surface area (Å²) in [5, 5.41) is 3.40. The van der Waals surface area contributed by atoms with Crippen molar-refractivity contribution in [2.75, 3.05) is 52.4 Å². The lowest BCUT2D eigenvalue weighted by Crippen LogP contribution is -2.55. The Kier molecular flexibility index (Phi) is 6.17. The van der Waals surface area contributed by atoms with E-state index in [1.807, 2.05) is 0 Å². The van der Waals surface area contributed by atoms with Crippen LogP contribution in [0, 0.1) is 0 Å². The number of rotatable bonds is 6. The molecule has 0 amide bonds. The number of hydrogen-bond donors (Lipinski definition) is 2. The van der Waals surface area contributed by atoms with Gasteiger partial charge < -0.3 is 16.0 Å². The molecule has 15 heavy (non-hydrogen) atoms. The zero-order valence-corrected chi connectivity index (χ0v) is 10.2. The van der Waals surface area contributed by atoms with Crippen LogP contribution >= 0.6 is 0 Å². The lowest BCUT2D eigenvalue weighted by molar-refractivity contribution is 0.142. The molecule has 0 saturated carbocycles. The topological polar surface area (TPSA) is 44.5 Å². The summed E-state index contributed by atoms with van der Waals surface area (Å²) in [7, 11) is 0. The Labute approximate surface area is 93.8 Å². The molecule has 0 radical (unpaired) electrons. The van der Waals surface area contributed by atoms with Gasteiger partial charge in [-0.15, -0.1) is 0 Å². The van der Waals surface area contributed by atoms with Gasteiger partial charge in [0, 0.05) is 45.3 Å². The standard InChI is InChI=1S/C11H26N4/c1-3-14(4-2)7-8-15-6-5-13-10-11(15)9-12/h11,13H,3-10,12H2,1-2H3. The minimum absolute atomic E-state index is 0.536. The highest BCUT2D eigenvalue weighted by Crippen LogP contribution is 2.02. The van der Waals surface area contributed by atoms with Crippen LogP contribution in [-0.2, 0) is 0 Å². The molecule has 90 valence electrons. The zero-order valence-electron chi connectivity index (χ0n) is 10.2. The fourth-order valence-corrected chi connectivity index (χ4v) is 2.14. The van der Waals surface area contributed by atoms with Crippen molar-refractivity contribution in [3.8, 4) is 0 Å². The van der Waals surface area contributed by atoms with Gasteiger partial charge in [-0.25, -0.2) is 0 Å². The third-order valence-corrected chi connectivity index (χ3v) is 3.34. The number of hydrogen-bond acceptors (Lipinski definition) is 4. The first-order chi connectivity index (χ1) is 7.31. The van der Waals surface area contributed by atoms with Crippen molar-refractivity contribution in [1.29, 1.82) is 0 Å². The van der Waals surface area contributed by atoms with Gasteiger partial charge in [0.1, 0.15) is 0 Å². The molecule has 3 N–H and O–H groups in total. The van der Waals surface area contributed by atoms with Gasteiger partial charge in [0.05, 0.1) is 0 Å². The quantitative estimate of drug-likeness (QED) is 0.629. The van der Waals surface area contributed by atoms with E-state index in [1.165, 1.54) is 6.54 Å². The normalized spacial score (nSPS) is 23.6. The molecular weight excluding hydrogens is 188 g/mol. The Morgan fingerprint density at radius 3 is 2.73 bits per heavy atom. The fraction of sp³-hybridized carbons (Fsp3) is 1.00. The minimum Gasteiger partial charge on any atom is -0.329 e. The average Bonchev–Trinajstić information content (AvgIpc) is 2.31. The van der Waals surface area contributed by atoms with Gasteiger partial charge in [-0.3, -0.25) is 4.90 Å². The second-order valence-corrected chi connectivity index (χ2v) is 4.16. The van der Waals surface area contributed by atoms with Crippen molar-refractivity contribution >= 4 is 0 Å². The highest BCUT2D eigenvalue weighted by Gasteiger charge is 2.20. The van der Waals surface area contributed by atoms with Crippen LogP contribution in [0.1, 0.15) is 13.8 Å². The molecule has 4 heteroatoms. The number of piperazine rings is 1. The summed E-state index contributed by atoms with van der Waals surface area (Å²) in [5.41, 5.74) is 5.77. The predicted molar refractivity (Wildman–Crippen MR) is 65.1 cm³/mol. The number of nitrogens with zero attached hydrogens (tertiary/aromatic N) is 2. The third kappa shape index (κ3) is 4.07. The van der Waals surface area contributed by atoms with Crippen LogP contribution in [0.5, 0.6) is 0 Å². The summed E-state index contributed by atoms with van der Waals surface area (Å²) in [6.45, 7) is 13.1. The van der Waals surface area contributed by atoms with Crippen LogP contribution in [0.3, 0.4) is 0 Å². The maximum atomic E-state index is 5.77. The largest absolute Gasteiger partial charge is 0.329 e. The van der Waals surface area contributed by atoms with Gasteiger partial charge in [-0.1, -0.05) is 13.8 Å². The molecule has 0 bridgehead atoms. The van der Waals surface area contributed by atoms with Gasteiger partial charge in [0.15, 0.2) is 0 Å². The van der Waals surface area contributed by atoms with Crippen LogP contribution in [-0.4, -0.2) is 68.2 Å². The average molecular weight is 214 g/mol. The maximum absolute atomic E-state index is 5.77. The highest BCUT2D eigenvalue weighted by molar-refractivity contribution is 4.80. The first-order valence-electron chi connectivity index (χ1n) is 6.19. The fourth-order valence-electron chi connectivity index (χ4n) is 2.14. The lowest BCUT2D eigenvalue weighted by atomic mass is 10.2. The van der Waals surface area contributed by atoms with Gasteiger partial charge in [0.2, 0.25) is 0 Å². The molecule has 1 rings (SSSR count). The Morgan fingerprint density at radius 1 is 1.40 bits per heavy atom.